The van der Waals surface area contributed by atoms with Gasteiger partial charge >= 0.3 is 0 Å². The largest absolute Gasteiger partial charge is 0.356 e. The van der Waals surface area contributed by atoms with Crippen LogP contribution in [0.5, 0.6) is 0 Å². The number of hydrogen-bond donors (Lipinski definition) is 1. The number of rotatable bonds is 3. The topological polar surface area (TPSA) is 58.1 Å². The van der Waals surface area contributed by atoms with Crippen molar-refractivity contribution >= 4 is 17.5 Å². The number of nitrogens with zero attached hydrogens (tertiary/aromatic N) is 3. The minimum absolute atomic E-state index is 0.125. The number of carbonyl (C=O) groups is 1. The van der Waals surface area contributed by atoms with E-state index in [1.54, 1.807) is 6.33 Å². The van der Waals surface area contributed by atoms with E-state index in [1.165, 1.54) is 32.1 Å². The molecule has 6 rings (SSSR count). The lowest BCUT2D eigenvalue weighted by Crippen LogP contribution is -2.51. The molecule has 1 aromatic rings. The lowest BCUT2D eigenvalue weighted by Gasteiger charge is -2.55. The van der Waals surface area contributed by atoms with Crippen LogP contribution in [0.15, 0.2) is 12.4 Å². The number of hydrogen-bond acceptors (Lipinski definition) is 4. The van der Waals surface area contributed by atoms with Gasteiger partial charge in [-0.3, -0.25) is 4.79 Å². The van der Waals surface area contributed by atoms with Crippen LogP contribution in [0.3, 0.4) is 0 Å². The summed E-state index contributed by atoms with van der Waals surface area (Å²) in [5, 5.41) is 3.17. The molecule has 1 aromatic heterocycles. The van der Waals surface area contributed by atoms with Crippen molar-refractivity contribution in [3.63, 3.8) is 0 Å². The smallest absolute Gasteiger partial charge is 0.231 e. The third-order valence-electron chi connectivity index (χ3n) is 7.52. The molecule has 140 valence electrons. The Morgan fingerprint density at radius 2 is 1.69 bits per heavy atom. The highest BCUT2D eigenvalue weighted by Gasteiger charge is 2.54. The first-order valence-corrected chi connectivity index (χ1v) is 10.5. The number of piperidine rings is 1. The third kappa shape index (κ3) is 2.89. The second kappa shape index (κ2) is 6.21. The second-order valence-corrected chi connectivity index (χ2v) is 9.58. The summed E-state index contributed by atoms with van der Waals surface area (Å²) in [6, 6.07) is 1.97. The van der Waals surface area contributed by atoms with Gasteiger partial charge in [0.1, 0.15) is 18.0 Å². The molecule has 0 spiro atoms. The van der Waals surface area contributed by atoms with Gasteiger partial charge < -0.3 is 10.2 Å². The number of anilines is 2. The molecule has 5 heteroatoms. The molecular weight excluding hydrogens is 324 g/mol. The standard InChI is InChI=1S/C21H30N4O/c1-14-2-4-25(5-3-14)19-9-18(22-13-23-19)24-20(26)21-10-15-6-16(11-21)8-17(7-15)12-21/h9,13-17H,2-8,10-12H2,1H3,(H,22,23,24,26). The molecule has 0 atom stereocenters. The average Bonchev–Trinajstić information content (AvgIpc) is 2.61. The highest BCUT2D eigenvalue weighted by Crippen LogP contribution is 2.60. The van der Waals surface area contributed by atoms with Crippen LogP contribution in [0.4, 0.5) is 11.6 Å². The van der Waals surface area contributed by atoms with E-state index in [0.717, 1.165) is 61.8 Å². The summed E-state index contributed by atoms with van der Waals surface area (Å²) in [4.78, 5) is 24.3. The van der Waals surface area contributed by atoms with Gasteiger partial charge in [0.15, 0.2) is 0 Å². The van der Waals surface area contributed by atoms with Crippen molar-refractivity contribution in [2.24, 2.45) is 29.1 Å². The Hall–Kier alpha value is -1.65. The molecule has 1 saturated heterocycles. The first-order chi connectivity index (χ1) is 12.6. The molecule has 5 fully saturated rings. The molecule has 5 nitrogen and oxygen atoms in total. The van der Waals surface area contributed by atoms with Crippen LogP contribution >= 0.6 is 0 Å². The first-order valence-electron chi connectivity index (χ1n) is 10.5. The van der Waals surface area contributed by atoms with Crippen molar-refractivity contribution in [1.29, 1.82) is 0 Å². The third-order valence-corrected chi connectivity index (χ3v) is 7.52. The van der Waals surface area contributed by atoms with Crippen molar-refractivity contribution in [3.8, 4) is 0 Å². The van der Waals surface area contributed by atoms with Crippen LogP contribution < -0.4 is 10.2 Å². The summed E-state index contributed by atoms with van der Waals surface area (Å²) in [7, 11) is 0. The zero-order chi connectivity index (χ0) is 17.7. The fraction of sp³-hybridized carbons (Fsp3) is 0.762. The summed E-state index contributed by atoms with van der Waals surface area (Å²) >= 11 is 0. The van der Waals surface area contributed by atoms with Gasteiger partial charge in [-0.05, 0) is 75.0 Å². The molecule has 0 unspecified atom stereocenters. The quantitative estimate of drug-likeness (QED) is 0.895. The van der Waals surface area contributed by atoms with Crippen LogP contribution in [0.2, 0.25) is 0 Å². The van der Waals surface area contributed by atoms with Gasteiger partial charge in [0.25, 0.3) is 0 Å². The van der Waals surface area contributed by atoms with Gasteiger partial charge in [-0.25, -0.2) is 9.97 Å². The molecule has 0 radical (unpaired) electrons. The van der Waals surface area contributed by atoms with E-state index in [1.807, 2.05) is 6.07 Å². The molecule has 26 heavy (non-hydrogen) atoms. The van der Waals surface area contributed by atoms with E-state index in [4.69, 9.17) is 0 Å². The lowest BCUT2D eigenvalue weighted by molar-refractivity contribution is -0.140. The fourth-order valence-electron chi connectivity index (χ4n) is 6.46. The van der Waals surface area contributed by atoms with Crippen molar-refractivity contribution in [2.75, 3.05) is 23.3 Å². The van der Waals surface area contributed by atoms with Crippen molar-refractivity contribution in [1.82, 2.24) is 9.97 Å². The molecule has 2 heterocycles. The van der Waals surface area contributed by atoms with Gasteiger partial charge in [0.05, 0.1) is 5.41 Å². The van der Waals surface area contributed by atoms with E-state index >= 15 is 0 Å². The minimum atomic E-state index is -0.125. The SMILES string of the molecule is CC1CCN(c2cc(NC(=O)C34CC5CC(CC(C5)C3)C4)ncn2)CC1. The van der Waals surface area contributed by atoms with E-state index < -0.39 is 0 Å². The maximum absolute atomic E-state index is 13.2. The highest BCUT2D eigenvalue weighted by molar-refractivity contribution is 5.95. The van der Waals surface area contributed by atoms with Gasteiger partial charge in [0.2, 0.25) is 5.91 Å². The summed E-state index contributed by atoms with van der Waals surface area (Å²) < 4.78 is 0. The summed E-state index contributed by atoms with van der Waals surface area (Å²) in [6.45, 7) is 4.40. The molecule has 4 aliphatic carbocycles. The lowest BCUT2D eigenvalue weighted by atomic mass is 9.49. The van der Waals surface area contributed by atoms with Crippen LogP contribution in [0.1, 0.15) is 58.3 Å². The molecule has 1 amide bonds. The van der Waals surface area contributed by atoms with Crippen molar-refractivity contribution in [3.05, 3.63) is 12.4 Å². The van der Waals surface area contributed by atoms with Crippen molar-refractivity contribution < 1.29 is 4.79 Å². The van der Waals surface area contributed by atoms with Crippen molar-refractivity contribution in [2.45, 2.75) is 58.3 Å². The summed E-state index contributed by atoms with van der Waals surface area (Å²) in [6.07, 6.45) is 11.4. The van der Waals surface area contributed by atoms with E-state index in [9.17, 15) is 4.79 Å². The van der Waals surface area contributed by atoms with Crippen LogP contribution in [0, 0.1) is 29.1 Å². The number of aromatic nitrogens is 2. The normalized spacial score (nSPS) is 36.3. The molecule has 1 N–H and O–H groups in total. The predicted octanol–water partition coefficient (Wildman–Crippen LogP) is 3.87. The Morgan fingerprint density at radius 1 is 1.08 bits per heavy atom. The van der Waals surface area contributed by atoms with Crippen LogP contribution in [-0.2, 0) is 4.79 Å². The number of nitrogens with one attached hydrogen (secondary N) is 1. The first kappa shape index (κ1) is 16.5. The second-order valence-electron chi connectivity index (χ2n) is 9.58. The van der Waals surface area contributed by atoms with Gasteiger partial charge in [-0.1, -0.05) is 6.92 Å². The Kier molecular flexibility index (Phi) is 3.94. The van der Waals surface area contributed by atoms with Crippen LogP contribution in [-0.4, -0.2) is 29.0 Å². The number of carbonyl (C=O) groups excluding carboxylic acids is 1. The van der Waals surface area contributed by atoms with E-state index in [2.05, 4.69) is 27.1 Å². The maximum atomic E-state index is 13.2. The molecular formula is C21H30N4O. The maximum Gasteiger partial charge on any atom is 0.231 e. The zero-order valence-corrected chi connectivity index (χ0v) is 15.8. The van der Waals surface area contributed by atoms with Crippen LogP contribution in [0.25, 0.3) is 0 Å². The molecule has 4 bridgehead atoms. The Bertz CT molecular complexity index is 660. The summed E-state index contributed by atoms with van der Waals surface area (Å²) in [5.41, 5.74) is -0.125. The monoisotopic (exact) mass is 354 g/mol. The van der Waals surface area contributed by atoms with Gasteiger partial charge in [-0.2, -0.15) is 0 Å². The molecule has 1 aliphatic heterocycles. The predicted molar refractivity (Wildman–Crippen MR) is 102 cm³/mol. The Balaban J connectivity index is 1.31. The highest BCUT2D eigenvalue weighted by atomic mass is 16.2. The molecule has 0 aromatic carbocycles. The minimum Gasteiger partial charge on any atom is -0.356 e. The molecule has 5 aliphatic rings. The Labute approximate surface area is 156 Å². The van der Waals surface area contributed by atoms with E-state index in [-0.39, 0.29) is 11.3 Å². The van der Waals surface area contributed by atoms with Gasteiger partial charge in [0, 0.05) is 19.2 Å². The fourth-order valence-corrected chi connectivity index (χ4v) is 6.46. The van der Waals surface area contributed by atoms with Gasteiger partial charge in [-0.15, -0.1) is 0 Å². The molecule has 4 saturated carbocycles. The number of amides is 1. The summed E-state index contributed by atoms with van der Waals surface area (Å²) in [5.74, 6) is 4.98. The zero-order valence-electron chi connectivity index (χ0n) is 15.8. The Morgan fingerprint density at radius 3 is 2.31 bits per heavy atom. The van der Waals surface area contributed by atoms with E-state index in [0.29, 0.717) is 5.82 Å². The average molecular weight is 354 g/mol.